The van der Waals surface area contributed by atoms with E-state index in [1.165, 1.54) is 5.56 Å². The molecule has 1 unspecified atom stereocenters. The Labute approximate surface area is 123 Å². The van der Waals surface area contributed by atoms with Crippen molar-refractivity contribution < 1.29 is 9.84 Å². The Hall–Kier alpha value is -1.06. The summed E-state index contributed by atoms with van der Waals surface area (Å²) in [4.78, 5) is 0. The number of ether oxygens (including phenoxy) is 1. The fourth-order valence-corrected chi connectivity index (χ4v) is 2.37. The number of rotatable bonds is 9. The molecule has 20 heavy (non-hydrogen) atoms. The molecule has 1 aromatic carbocycles. The maximum absolute atomic E-state index is 8.93. The van der Waals surface area contributed by atoms with Crippen LogP contribution in [0.25, 0.3) is 0 Å². The second-order valence-electron chi connectivity index (χ2n) is 6.29. The van der Waals surface area contributed by atoms with E-state index >= 15 is 0 Å². The lowest BCUT2D eigenvalue weighted by Crippen LogP contribution is -2.36. The van der Waals surface area contributed by atoms with E-state index in [1.807, 2.05) is 12.1 Å². The van der Waals surface area contributed by atoms with Crippen LogP contribution in [0.2, 0.25) is 0 Å². The topological polar surface area (TPSA) is 41.5 Å². The van der Waals surface area contributed by atoms with Crippen LogP contribution in [0.4, 0.5) is 0 Å². The highest BCUT2D eigenvalue weighted by molar-refractivity contribution is 5.33. The predicted molar refractivity (Wildman–Crippen MR) is 84.3 cm³/mol. The number of nitrogens with one attached hydrogen (secondary N) is 1. The van der Waals surface area contributed by atoms with Gasteiger partial charge in [-0.15, -0.1) is 0 Å². The first kappa shape index (κ1) is 17.0. The van der Waals surface area contributed by atoms with E-state index in [1.54, 1.807) is 7.11 Å². The van der Waals surface area contributed by atoms with Gasteiger partial charge in [0.05, 0.1) is 7.11 Å². The van der Waals surface area contributed by atoms with Crippen LogP contribution in [-0.4, -0.2) is 31.4 Å². The molecule has 3 nitrogen and oxygen atoms in total. The fourth-order valence-electron chi connectivity index (χ4n) is 2.37. The molecule has 0 bridgehead atoms. The summed E-state index contributed by atoms with van der Waals surface area (Å²) < 4.78 is 5.39. The van der Waals surface area contributed by atoms with Crippen molar-refractivity contribution in [3.63, 3.8) is 0 Å². The molecule has 0 amide bonds. The molecule has 1 aromatic rings. The van der Waals surface area contributed by atoms with Gasteiger partial charge < -0.3 is 15.2 Å². The summed E-state index contributed by atoms with van der Waals surface area (Å²) in [5, 5.41) is 12.5. The Morgan fingerprint density at radius 2 is 2.00 bits per heavy atom. The van der Waals surface area contributed by atoms with Gasteiger partial charge in [0.1, 0.15) is 5.75 Å². The van der Waals surface area contributed by atoms with E-state index in [2.05, 4.69) is 38.2 Å². The van der Waals surface area contributed by atoms with Crippen LogP contribution < -0.4 is 10.1 Å². The molecule has 0 aliphatic heterocycles. The van der Waals surface area contributed by atoms with Gasteiger partial charge in [-0.1, -0.05) is 32.0 Å². The summed E-state index contributed by atoms with van der Waals surface area (Å²) >= 11 is 0. The maximum atomic E-state index is 8.93. The summed E-state index contributed by atoms with van der Waals surface area (Å²) in [6, 6.07) is 8.58. The zero-order valence-electron chi connectivity index (χ0n) is 13.3. The Kier molecular flexibility index (Phi) is 7.03. The second-order valence-corrected chi connectivity index (χ2v) is 6.29. The molecule has 0 heterocycles. The zero-order chi connectivity index (χ0) is 15.0. The maximum Gasteiger partial charge on any atom is 0.122 e. The second kappa shape index (κ2) is 8.28. The van der Waals surface area contributed by atoms with Gasteiger partial charge in [-0.25, -0.2) is 0 Å². The number of methoxy groups -OCH3 is 1. The largest absolute Gasteiger partial charge is 0.496 e. The number of benzene rings is 1. The molecule has 0 aliphatic carbocycles. The Balaban J connectivity index is 2.45. The van der Waals surface area contributed by atoms with Crippen LogP contribution in [0.5, 0.6) is 5.75 Å². The molecule has 1 atom stereocenters. The number of aliphatic hydroxyl groups excluding tert-OH is 1. The first-order valence-electron chi connectivity index (χ1n) is 7.44. The van der Waals surface area contributed by atoms with Crippen LogP contribution >= 0.6 is 0 Å². The van der Waals surface area contributed by atoms with Crippen LogP contribution in [0.15, 0.2) is 24.3 Å². The molecule has 0 spiro atoms. The lowest BCUT2D eigenvalue weighted by atomic mass is 9.87. The quantitative estimate of drug-likeness (QED) is 0.730. The third-order valence-corrected chi connectivity index (χ3v) is 3.66. The van der Waals surface area contributed by atoms with E-state index in [4.69, 9.17) is 9.84 Å². The molecule has 1 rings (SSSR count). The average Bonchev–Trinajstić information content (AvgIpc) is 2.44. The smallest absolute Gasteiger partial charge is 0.122 e. The first-order valence-corrected chi connectivity index (χ1v) is 7.44. The van der Waals surface area contributed by atoms with E-state index in [9.17, 15) is 0 Å². The van der Waals surface area contributed by atoms with Gasteiger partial charge in [-0.2, -0.15) is 0 Å². The van der Waals surface area contributed by atoms with Gasteiger partial charge in [0.25, 0.3) is 0 Å². The van der Waals surface area contributed by atoms with Crippen LogP contribution in [-0.2, 0) is 6.42 Å². The highest BCUT2D eigenvalue weighted by Gasteiger charge is 2.18. The number of aliphatic hydroxyl groups is 1. The van der Waals surface area contributed by atoms with E-state index in [-0.39, 0.29) is 12.0 Å². The highest BCUT2D eigenvalue weighted by Crippen LogP contribution is 2.22. The Morgan fingerprint density at radius 3 is 2.65 bits per heavy atom. The lowest BCUT2D eigenvalue weighted by Gasteiger charge is -2.27. The van der Waals surface area contributed by atoms with Crippen molar-refractivity contribution in [1.29, 1.82) is 0 Å². The van der Waals surface area contributed by atoms with Crippen molar-refractivity contribution in [1.82, 2.24) is 5.32 Å². The van der Waals surface area contributed by atoms with Crippen molar-refractivity contribution in [3.05, 3.63) is 29.8 Å². The molecule has 0 fully saturated rings. The lowest BCUT2D eigenvalue weighted by molar-refractivity contribution is 0.232. The summed E-state index contributed by atoms with van der Waals surface area (Å²) in [6.45, 7) is 7.93. The van der Waals surface area contributed by atoms with Crippen molar-refractivity contribution in [2.45, 2.75) is 46.1 Å². The summed E-state index contributed by atoms with van der Waals surface area (Å²) in [7, 11) is 1.72. The van der Waals surface area contributed by atoms with Crippen LogP contribution in [0.1, 0.15) is 39.2 Å². The molecule has 114 valence electrons. The number of hydrogen-bond donors (Lipinski definition) is 2. The molecule has 0 aromatic heterocycles. The Bertz CT molecular complexity index is 390. The Morgan fingerprint density at radius 1 is 1.30 bits per heavy atom. The van der Waals surface area contributed by atoms with Gasteiger partial charge in [0.2, 0.25) is 0 Å². The van der Waals surface area contributed by atoms with Crippen molar-refractivity contribution in [3.8, 4) is 5.75 Å². The number of hydrogen-bond acceptors (Lipinski definition) is 3. The van der Waals surface area contributed by atoms with Gasteiger partial charge in [0.15, 0.2) is 0 Å². The summed E-state index contributed by atoms with van der Waals surface area (Å²) in [5.74, 6) is 0.959. The van der Waals surface area contributed by atoms with Crippen LogP contribution in [0, 0.1) is 5.41 Å². The third kappa shape index (κ3) is 5.93. The van der Waals surface area contributed by atoms with Crippen molar-refractivity contribution in [2.75, 3.05) is 20.3 Å². The minimum absolute atomic E-state index is 0.220. The zero-order valence-corrected chi connectivity index (χ0v) is 13.3. The molecule has 0 radical (unpaired) electrons. The monoisotopic (exact) mass is 279 g/mol. The van der Waals surface area contributed by atoms with Crippen molar-refractivity contribution >= 4 is 0 Å². The van der Waals surface area contributed by atoms with Gasteiger partial charge >= 0.3 is 0 Å². The minimum Gasteiger partial charge on any atom is -0.496 e. The minimum atomic E-state index is 0.220. The van der Waals surface area contributed by atoms with E-state index in [0.29, 0.717) is 6.04 Å². The molecular formula is C17H29NO2. The standard InChI is InChI=1S/C17H29NO2/c1-14(18-13-17(2,3)10-7-11-19)12-15-8-5-6-9-16(15)20-4/h5-6,8-9,14,18-19H,7,10-13H2,1-4H3. The fraction of sp³-hybridized carbons (Fsp3) is 0.647. The molecule has 3 heteroatoms. The molecule has 0 saturated carbocycles. The molecule has 0 aliphatic rings. The van der Waals surface area contributed by atoms with Crippen LogP contribution in [0.3, 0.4) is 0 Å². The van der Waals surface area contributed by atoms with Gasteiger partial charge in [-0.05, 0) is 43.2 Å². The molecule has 0 saturated heterocycles. The van der Waals surface area contributed by atoms with E-state index < -0.39 is 0 Å². The SMILES string of the molecule is COc1ccccc1CC(C)NCC(C)(C)CCCO. The summed E-state index contributed by atoms with van der Waals surface area (Å²) in [5.41, 5.74) is 1.46. The predicted octanol–water partition coefficient (Wildman–Crippen LogP) is 3.01. The molecule has 2 N–H and O–H groups in total. The third-order valence-electron chi connectivity index (χ3n) is 3.66. The first-order chi connectivity index (χ1) is 9.48. The molecular weight excluding hydrogens is 250 g/mol. The van der Waals surface area contributed by atoms with Gasteiger partial charge in [0, 0.05) is 19.2 Å². The number of para-hydroxylation sites is 1. The normalized spacial score (nSPS) is 13.2. The van der Waals surface area contributed by atoms with E-state index in [0.717, 1.165) is 31.6 Å². The van der Waals surface area contributed by atoms with Gasteiger partial charge in [-0.3, -0.25) is 0 Å². The summed E-state index contributed by atoms with van der Waals surface area (Å²) in [6.07, 6.45) is 2.87. The highest BCUT2D eigenvalue weighted by atomic mass is 16.5. The average molecular weight is 279 g/mol. The van der Waals surface area contributed by atoms with Crippen molar-refractivity contribution in [2.24, 2.45) is 5.41 Å².